The molecule has 1 atom stereocenters. The van der Waals surface area contributed by atoms with E-state index in [1.54, 1.807) is 0 Å². The van der Waals surface area contributed by atoms with Gasteiger partial charge in [-0.15, -0.1) is 0 Å². The van der Waals surface area contributed by atoms with Gasteiger partial charge in [0.2, 0.25) is 0 Å². The Balaban J connectivity index is 1.59. The monoisotopic (exact) mass is 448 g/mol. The molecule has 146 valence electrons. The van der Waals surface area contributed by atoms with E-state index in [1.165, 1.54) is 0 Å². The van der Waals surface area contributed by atoms with E-state index in [0.717, 1.165) is 69.5 Å². The molecule has 0 radical (unpaired) electrons. The first kappa shape index (κ1) is 18.5. The van der Waals surface area contributed by atoms with Crippen molar-refractivity contribution < 1.29 is 4.74 Å². The van der Waals surface area contributed by atoms with E-state index in [9.17, 15) is 0 Å². The molecule has 0 bridgehead atoms. The Bertz CT molecular complexity index is 1160. The molecule has 5 nitrogen and oxygen atoms in total. The van der Waals surface area contributed by atoms with E-state index in [0.29, 0.717) is 0 Å². The van der Waals surface area contributed by atoms with Gasteiger partial charge in [-0.2, -0.15) is 5.10 Å². The molecule has 0 aliphatic carbocycles. The van der Waals surface area contributed by atoms with Crippen LogP contribution in [-0.4, -0.2) is 26.4 Å². The minimum absolute atomic E-state index is 0.0517. The molecule has 1 aliphatic rings. The van der Waals surface area contributed by atoms with Gasteiger partial charge < -0.3 is 4.74 Å². The van der Waals surface area contributed by atoms with Gasteiger partial charge in [0.05, 0.1) is 5.69 Å². The lowest BCUT2D eigenvalue weighted by atomic mass is 10.0. The third-order valence-electron chi connectivity index (χ3n) is 5.38. The molecule has 0 amide bonds. The Morgan fingerprint density at radius 3 is 2.55 bits per heavy atom. The molecule has 4 aromatic rings. The van der Waals surface area contributed by atoms with Crippen LogP contribution in [0.3, 0.4) is 0 Å². The summed E-state index contributed by atoms with van der Waals surface area (Å²) >= 11 is 3.56. The minimum atomic E-state index is -0.0517. The van der Waals surface area contributed by atoms with Crippen LogP contribution in [0.25, 0.3) is 33.5 Å². The lowest BCUT2D eigenvalue weighted by Gasteiger charge is -2.23. The van der Waals surface area contributed by atoms with Gasteiger partial charge in [-0.25, -0.2) is 9.67 Å². The lowest BCUT2D eigenvalue weighted by Crippen LogP contribution is -2.19. The SMILES string of the molecule is Cc1cccnc1-c1ccc(-c2nn(C3CCCCO3)c3ncc(Br)cc23)cc1. The number of hydrogen-bond acceptors (Lipinski definition) is 4. The maximum absolute atomic E-state index is 5.98. The van der Waals surface area contributed by atoms with Crippen LogP contribution in [0.15, 0.2) is 59.3 Å². The smallest absolute Gasteiger partial charge is 0.161 e. The van der Waals surface area contributed by atoms with Gasteiger partial charge in [-0.05, 0) is 59.8 Å². The number of aromatic nitrogens is 4. The fourth-order valence-electron chi connectivity index (χ4n) is 3.90. The molecule has 0 N–H and O–H groups in total. The van der Waals surface area contributed by atoms with E-state index in [2.05, 4.69) is 69.2 Å². The van der Waals surface area contributed by atoms with Crippen LogP contribution >= 0.6 is 15.9 Å². The Kier molecular flexibility index (Phi) is 4.89. The van der Waals surface area contributed by atoms with Crippen LogP contribution in [0.4, 0.5) is 0 Å². The van der Waals surface area contributed by atoms with Crippen molar-refractivity contribution in [2.75, 3.05) is 6.61 Å². The fraction of sp³-hybridized carbons (Fsp3) is 0.261. The number of nitrogens with zero attached hydrogens (tertiary/aromatic N) is 4. The number of aryl methyl sites for hydroxylation is 1. The van der Waals surface area contributed by atoms with Crippen LogP contribution < -0.4 is 0 Å². The van der Waals surface area contributed by atoms with Crippen molar-refractivity contribution in [3.8, 4) is 22.5 Å². The Hall–Kier alpha value is -2.57. The molecule has 5 rings (SSSR count). The summed E-state index contributed by atoms with van der Waals surface area (Å²) in [6.45, 7) is 2.86. The maximum atomic E-state index is 5.98. The zero-order valence-corrected chi connectivity index (χ0v) is 17.8. The first-order chi connectivity index (χ1) is 14.2. The van der Waals surface area contributed by atoms with Crippen LogP contribution in [0, 0.1) is 6.92 Å². The van der Waals surface area contributed by atoms with Gasteiger partial charge in [0.25, 0.3) is 0 Å². The van der Waals surface area contributed by atoms with Crippen LogP contribution in [-0.2, 0) is 4.74 Å². The fourth-order valence-corrected chi connectivity index (χ4v) is 4.23. The number of benzene rings is 1. The first-order valence-electron chi connectivity index (χ1n) is 9.88. The largest absolute Gasteiger partial charge is 0.356 e. The summed E-state index contributed by atoms with van der Waals surface area (Å²) < 4.78 is 8.87. The van der Waals surface area contributed by atoms with Crippen molar-refractivity contribution in [3.05, 3.63) is 64.9 Å². The molecule has 1 fully saturated rings. The second kappa shape index (κ2) is 7.69. The van der Waals surface area contributed by atoms with Crippen LogP contribution in [0.2, 0.25) is 0 Å². The Morgan fingerprint density at radius 1 is 1.03 bits per heavy atom. The van der Waals surface area contributed by atoms with Crippen LogP contribution in [0.5, 0.6) is 0 Å². The summed E-state index contributed by atoms with van der Waals surface area (Å²) in [5, 5.41) is 5.96. The van der Waals surface area contributed by atoms with Crippen molar-refractivity contribution in [2.24, 2.45) is 0 Å². The second-order valence-corrected chi connectivity index (χ2v) is 8.30. The third-order valence-corrected chi connectivity index (χ3v) is 5.82. The Labute approximate surface area is 177 Å². The topological polar surface area (TPSA) is 52.8 Å². The normalized spacial score (nSPS) is 17.0. The molecule has 1 aliphatic heterocycles. The minimum Gasteiger partial charge on any atom is -0.356 e. The molecule has 1 saturated heterocycles. The summed E-state index contributed by atoms with van der Waals surface area (Å²) in [7, 11) is 0. The summed E-state index contributed by atoms with van der Waals surface area (Å²) in [5.41, 5.74) is 6.12. The van der Waals surface area contributed by atoms with Crippen molar-refractivity contribution in [1.29, 1.82) is 0 Å². The van der Waals surface area contributed by atoms with Crippen LogP contribution in [0.1, 0.15) is 31.1 Å². The molecule has 6 heteroatoms. The average Bonchev–Trinajstić information content (AvgIpc) is 3.13. The molecule has 1 unspecified atom stereocenters. The number of fused-ring (bicyclic) bond motifs is 1. The van der Waals surface area contributed by atoms with Gasteiger partial charge in [0.1, 0.15) is 5.69 Å². The Morgan fingerprint density at radius 2 is 1.83 bits per heavy atom. The summed E-state index contributed by atoms with van der Waals surface area (Å²) in [6.07, 6.45) is 6.82. The van der Waals surface area contributed by atoms with Crippen molar-refractivity contribution in [1.82, 2.24) is 19.7 Å². The molecular formula is C23H21BrN4O. The number of pyridine rings is 2. The highest BCUT2D eigenvalue weighted by Crippen LogP contribution is 2.34. The number of rotatable bonds is 3. The number of hydrogen-bond donors (Lipinski definition) is 0. The van der Waals surface area contributed by atoms with Gasteiger partial charge >= 0.3 is 0 Å². The number of halogens is 1. The predicted octanol–water partition coefficient (Wildman–Crippen LogP) is 5.93. The van der Waals surface area contributed by atoms with Crippen molar-refractivity contribution in [2.45, 2.75) is 32.4 Å². The van der Waals surface area contributed by atoms with E-state index >= 15 is 0 Å². The zero-order valence-electron chi connectivity index (χ0n) is 16.2. The molecule has 4 heterocycles. The van der Waals surface area contributed by atoms with Gasteiger partial charge in [-0.1, -0.05) is 30.3 Å². The highest BCUT2D eigenvalue weighted by Gasteiger charge is 2.22. The predicted molar refractivity (Wildman–Crippen MR) is 117 cm³/mol. The van der Waals surface area contributed by atoms with Gasteiger partial charge in [0, 0.05) is 40.0 Å². The van der Waals surface area contributed by atoms with E-state index in [4.69, 9.17) is 9.84 Å². The van der Waals surface area contributed by atoms with Crippen molar-refractivity contribution >= 4 is 27.0 Å². The molecular weight excluding hydrogens is 428 g/mol. The number of ether oxygens (including phenoxy) is 1. The molecule has 0 spiro atoms. The highest BCUT2D eigenvalue weighted by molar-refractivity contribution is 9.10. The zero-order chi connectivity index (χ0) is 19.8. The van der Waals surface area contributed by atoms with E-state index in [-0.39, 0.29) is 6.23 Å². The summed E-state index contributed by atoms with van der Waals surface area (Å²) in [6, 6.07) is 14.6. The molecule has 1 aromatic carbocycles. The summed E-state index contributed by atoms with van der Waals surface area (Å²) in [4.78, 5) is 9.17. The van der Waals surface area contributed by atoms with Crippen molar-refractivity contribution in [3.63, 3.8) is 0 Å². The lowest BCUT2D eigenvalue weighted by molar-refractivity contribution is -0.0368. The average molecular weight is 449 g/mol. The molecule has 29 heavy (non-hydrogen) atoms. The summed E-state index contributed by atoms with van der Waals surface area (Å²) in [5.74, 6) is 0. The quantitative estimate of drug-likeness (QED) is 0.389. The van der Waals surface area contributed by atoms with Gasteiger partial charge in [0.15, 0.2) is 11.9 Å². The first-order valence-corrected chi connectivity index (χ1v) is 10.7. The second-order valence-electron chi connectivity index (χ2n) is 7.39. The maximum Gasteiger partial charge on any atom is 0.161 e. The van der Waals surface area contributed by atoms with E-state index in [1.807, 2.05) is 23.1 Å². The third kappa shape index (κ3) is 3.47. The van der Waals surface area contributed by atoms with Gasteiger partial charge in [-0.3, -0.25) is 4.98 Å². The molecule has 0 saturated carbocycles. The highest BCUT2D eigenvalue weighted by atomic mass is 79.9. The standard InChI is InChI=1S/C23H21BrN4O/c1-15-5-4-11-25-21(15)16-7-9-17(10-8-16)22-19-13-18(24)14-26-23(19)28(27-22)20-6-2-3-12-29-20/h4-5,7-11,13-14,20H,2-3,6,12H2,1H3. The molecule has 3 aromatic heterocycles. The van der Waals surface area contributed by atoms with E-state index < -0.39 is 0 Å².